The summed E-state index contributed by atoms with van der Waals surface area (Å²) < 4.78 is 10.8. The molecule has 116 valence electrons. The summed E-state index contributed by atoms with van der Waals surface area (Å²) >= 11 is 0. The second-order valence-corrected chi connectivity index (χ2v) is 4.98. The molecule has 1 amide bonds. The van der Waals surface area contributed by atoms with Crippen LogP contribution in [0.15, 0.2) is 35.6 Å². The zero-order valence-corrected chi connectivity index (χ0v) is 12.9. The van der Waals surface area contributed by atoms with E-state index in [-0.39, 0.29) is 5.91 Å². The van der Waals surface area contributed by atoms with Gasteiger partial charge in [0, 0.05) is 12.0 Å². The molecule has 1 aliphatic rings. The number of allylic oxidation sites excluding steroid dienone is 1. The van der Waals surface area contributed by atoms with Gasteiger partial charge in [0.25, 0.3) is 5.91 Å². The predicted molar refractivity (Wildman–Crippen MR) is 82.0 cm³/mol. The van der Waals surface area contributed by atoms with Crippen LogP contribution in [0.5, 0.6) is 5.75 Å². The van der Waals surface area contributed by atoms with Crippen molar-refractivity contribution in [3.05, 3.63) is 41.2 Å². The summed E-state index contributed by atoms with van der Waals surface area (Å²) in [6, 6.07) is 8.55. The molecule has 0 fully saturated rings. The first-order chi connectivity index (χ1) is 10.7. The van der Waals surface area contributed by atoms with Crippen molar-refractivity contribution in [2.45, 2.75) is 32.2 Å². The molecule has 22 heavy (non-hydrogen) atoms. The number of benzene rings is 1. The van der Waals surface area contributed by atoms with Crippen LogP contribution in [-0.2, 0) is 9.53 Å². The van der Waals surface area contributed by atoms with E-state index in [1.54, 1.807) is 19.2 Å². The number of amides is 1. The van der Waals surface area contributed by atoms with Gasteiger partial charge in [0.2, 0.25) is 0 Å². The minimum Gasteiger partial charge on any atom is -0.497 e. The van der Waals surface area contributed by atoms with E-state index in [9.17, 15) is 10.1 Å². The van der Waals surface area contributed by atoms with Gasteiger partial charge < -0.3 is 14.8 Å². The number of carbonyl (C=O) groups is 1. The molecular formula is C17H20N2O3. The molecule has 0 bridgehead atoms. The van der Waals surface area contributed by atoms with Crippen LogP contribution in [-0.4, -0.2) is 19.6 Å². The van der Waals surface area contributed by atoms with E-state index in [0.29, 0.717) is 36.3 Å². The number of nitriles is 1. The molecular weight excluding hydrogens is 280 g/mol. The molecule has 0 aliphatic carbocycles. The van der Waals surface area contributed by atoms with Crippen molar-refractivity contribution in [1.29, 1.82) is 5.26 Å². The molecule has 5 nitrogen and oxygen atoms in total. The van der Waals surface area contributed by atoms with E-state index in [4.69, 9.17) is 9.47 Å². The van der Waals surface area contributed by atoms with Gasteiger partial charge >= 0.3 is 0 Å². The minimum absolute atomic E-state index is 0.242. The summed E-state index contributed by atoms with van der Waals surface area (Å²) in [6.07, 6.45) is 2.17. The molecule has 1 heterocycles. The lowest BCUT2D eigenvalue weighted by atomic mass is 10.0. The van der Waals surface area contributed by atoms with Gasteiger partial charge in [-0.05, 0) is 18.9 Å². The highest BCUT2D eigenvalue weighted by atomic mass is 16.5. The van der Waals surface area contributed by atoms with Crippen LogP contribution in [0.2, 0.25) is 0 Å². The van der Waals surface area contributed by atoms with Crippen LogP contribution >= 0.6 is 0 Å². The number of nitrogens with zero attached hydrogens (tertiary/aromatic N) is 1. The quantitative estimate of drug-likeness (QED) is 0.907. The van der Waals surface area contributed by atoms with Crippen molar-refractivity contribution in [2.75, 3.05) is 13.7 Å². The maximum Gasteiger partial charge on any atom is 0.251 e. The third-order valence-corrected chi connectivity index (χ3v) is 3.63. The van der Waals surface area contributed by atoms with Gasteiger partial charge in [-0.3, -0.25) is 4.79 Å². The first-order valence-corrected chi connectivity index (χ1v) is 7.39. The molecule has 0 saturated heterocycles. The molecule has 1 N–H and O–H groups in total. The number of rotatable bonds is 5. The number of hydrogen-bond acceptors (Lipinski definition) is 4. The molecule has 0 saturated carbocycles. The van der Waals surface area contributed by atoms with Crippen molar-refractivity contribution in [1.82, 2.24) is 5.32 Å². The Labute approximate surface area is 130 Å². The lowest BCUT2D eigenvalue weighted by Gasteiger charge is -2.21. The van der Waals surface area contributed by atoms with Gasteiger partial charge in [-0.2, -0.15) is 5.26 Å². The van der Waals surface area contributed by atoms with Crippen molar-refractivity contribution in [2.24, 2.45) is 0 Å². The van der Waals surface area contributed by atoms with Crippen molar-refractivity contribution >= 4 is 5.91 Å². The Bertz CT molecular complexity index is 617. The Balaban J connectivity index is 2.22. The van der Waals surface area contributed by atoms with Gasteiger partial charge in [0.05, 0.1) is 25.4 Å². The number of para-hydroxylation sites is 1. The summed E-state index contributed by atoms with van der Waals surface area (Å²) in [5, 5.41) is 12.2. The fourth-order valence-corrected chi connectivity index (χ4v) is 2.53. The molecule has 2 rings (SSSR count). The van der Waals surface area contributed by atoms with Crippen LogP contribution in [0.1, 0.15) is 37.8 Å². The molecule has 1 aliphatic heterocycles. The summed E-state index contributed by atoms with van der Waals surface area (Å²) in [5.41, 5.74) is 1.29. The Morgan fingerprint density at radius 1 is 1.50 bits per heavy atom. The Morgan fingerprint density at radius 3 is 2.95 bits per heavy atom. The molecule has 0 radical (unpaired) electrons. The zero-order chi connectivity index (χ0) is 15.9. The van der Waals surface area contributed by atoms with E-state index in [1.165, 1.54) is 0 Å². The Morgan fingerprint density at radius 2 is 2.27 bits per heavy atom. The standard InChI is InChI=1S/C17H20N2O3/c1-3-15-13(8-6-10-22-15)17(20)19-14(11-18)12-7-4-5-9-16(12)21-2/h4-5,7,9,14H,3,6,8,10H2,1-2H3,(H,19,20)/t14-/m1/s1. The number of methoxy groups -OCH3 is 1. The van der Waals surface area contributed by atoms with Gasteiger partial charge in [0.1, 0.15) is 17.6 Å². The van der Waals surface area contributed by atoms with E-state index in [1.807, 2.05) is 19.1 Å². The van der Waals surface area contributed by atoms with Gasteiger partial charge in [0.15, 0.2) is 0 Å². The van der Waals surface area contributed by atoms with E-state index >= 15 is 0 Å². The Kier molecular flexibility index (Phi) is 5.42. The number of ether oxygens (including phenoxy) is 2. The highest BCUT2D eigenvalue weighted by Gasteiger charge is 2.23. The molecule has 0 aromatic heterocycles. The van der Waals surface area contributed by atoms with E-state index in [2.05, 4.69) is 11.4 Å². The number of hydrogen-bond donors (Lipinski definition) is 1. The maximum atomic E-state index is 12.5. The SMILES string of the molecule is CCC1=C(C(=O)N[C@H](C#N)c2ccccc2OC)CCCO1. The second-order valence-electron chi connectivity index (χ2n) is 4.98. The van der Waals surface area contributed by atoms with Crippen LogP contribution in [0.3, 0.4) is 0 Å². The molecule has 1 aromatic carbocycles. The van der Waals surface area contributed by atoms with Crippen molar-refractivity contribution in [3.63, 3.8) is 0 Å². The summed E-state index contributed by atoms with van der Waals surface area (Å²) in [4.78, 5) is 12.5. The average Bonchev–Trinajstić information content (AvgIpc) is 2.59. The van der Waals surface area contributed by atoms with Crippen molar-refractivity contribution < 1.29 is 14.3 Å². The molecule has 0 spiro atoms. The maximum absolute atomic E-state index is 12.5. The number of carbonyl (C=O) groups excluding carboxylic acids is 1. The molecule has 1 atom stereocenters. The molecule has 1 aromatic rings. The molecule has 0 unspecified atom stereocenters. The largest absolute Gasteiger partial charge is 0.497 e. The topological polar surface area (TPSA) is 71.4 Å². The average molecular weight is 300 g/mol. The first-order valence-electron chi connectivity index (χ1n) is 7.39. The summed E-state index contributed by atoms with van der Waals surface area (Å²) in [7, 11) is 1.54. The number of nitrogens with one attached hydrogen (secondary N) is 1. The predicted octanol–water partition coefficient (Wildman–Crippen LogP) is 2.85. The van der Waals surface area contributed by atoms with Crippen LogP contribution in [0, 0.1) is 11.3 Å². The fourth-order valence-electron chi connectivity index (χ4n) is 2.53. The van der Waals surface area contributed by atoms with Crippen molar-refractivity contribution in [3.8, 4) is 11.8 Å². The lowest BCUT2D eigenvalue weighted by Crippen LogP contribution is -2.31. The zero-order valence-electron chi connectivity index (χ0n) is 12.9. The third-order valence-electron chi connectivity index (χ3n) is 3.63. The highest BCUT2D eigenvalue weighted by Crippen LogP contribution is 2.26. The van der Waals surface area contributed by atoms with Gasteiger partial charge in [-0.15, -0.1) is 0 Å². The van der Waals surface area contributed by atoms with Gasteiger partial charge in [-0.1, -0.05) is 25.1 Å². The highest BCUT2D eigenvalue weighted by molar-refractivity contribution is 5.94. The molecule has 5 heteroatoms. The van der Waals surface area contributed by atoms with E-state index in [0.717, 1.165) is 12.2 Å². The van der Waals surface area contributed by atoms with E-state index < -0.39 is 6.04 Å². The van der Waals surface area contributed by atoms with Crippen LogP contribution in [0.25, 0.3) is 0 Å². The monoisotopic (exact) mass is 300 g/mol. The summed E-state index contributed by atoms with van der Waals surface area (Å²) in [5.74, 6) is 1.06. The smallest absolute Gasteiger partial charge is 0.251 e. The summed E-state index contributed by atoms with van der Waals surface area (Å²) in [6.45, 7) is 2.60. The van der Waals surface area contributed by atoms with Crippen LogP contribution < -0.4 is 10.1 Å². The lowest BCUT2D eigenvalue weighted by molar-refractivity contribution is -0.118. The van der Waals surface area contributed by atoms with Crippen LogP contribution in [0.4, 0.5) is 0 Å². The van der Waals surface area contributed by atoms with Gasteiger partial charge in [-0.25, -0.2) is 0 Å². The normalized spacial score (nSPS) is 15.5. The minimum atomic E-state index is -0.754. The third kappa shape index (κ3) is 3.40. The second kappa shape index (κ2) is 7.51. The fraction of sp³-hybridized carbons (Fsp3) is 0.412. The first kappa shape index (κ1) is 15.9. The Hall–Kier alpha value is -2.48.